The second kappa shape index (κ2) is 7.48. The van der Waals surface area contributed by atoms with E-state index in [1.54, 1.807) is 0 Å². The van der Waals surface area contributed by atoms with Crippen LogP contribution in [0, 0.1) is 13.8 Å². The van der Waals surface area contributed by atoms with Crippen molar-refractivity contribution < 1.29 is 4.79 Å². The van der Waals surface area contributed by atoms with Crippen LogP contribution in [-0.2, 0) is 11.3 Å². The highest BCUT2D eigenvalue weighted by molar-refractivity contribution is 5.76. The van der Waals surface area contributed by atoms with E-state index in [9.17, 15) is 4.79 Å². The van der Waals surface area contributed by atoms with Gasteiger partial charge in [-0.3, -0.25) is 4.79 Å². The van der Waals surface area contributed by atoms with Crippen LogP contribution in [0.3, 0.4) is 0 Å². The molecule has 0 bridgehead atoms. The summed E-state index contributed by atoms with van der Waals surface area (Å²) in [5.74, 6) is 0.0675. The molecular formula is C18H22N2O. The first-order valence-corrected chi connectivity index (χ1v) is 7.27. The Bertz CT molecular complexity index is 590. The number of anilines is 1. The summed E-state index contributed by atoms with van der Waals surface area (Å²) in [6.07, 6.45) is 0.472. The lowest BCUT2D eigenvalue weighted by Crippen LogP contribution is -2.25. The van der Waals surface area contributed by atoms with Crippen molar-refractivity contribution in [3.05, 3.63) is 65.2 Å². The van der Waals surface area contributed by atoms with E-state index in [-0.39, 0.29) is 5.91 Å². The normalized spacial score (nSPS) is 10.2. The average molecular weight is 282 g/mol. The van der Waals surface area contributed by atoms with Crippen LogP contribution in [0.15, 0.2) is 48.5 Å². The first kappa shape index (κ1) is 15.1. The van der Waals surface area contributed by atoms with Crippen LogP contribution in [0.25, 0.3) is 0 Å². The van der Waals surface area contributed by atoms with Crippen LogP contribution in [0.4, 0.5) is 5.69 Å². The van der Waals surface area contributed by atoms with Crippen LogP contribution in [-0.4, -0.2) is 12.5 Å². The Hall–Kier alpha value is -2.29. The molecular weight excluding hydrogens is 260 g/mol. The Morgan fingerprint density at radius 1 is 1.00 bits per heavy atom. The summed E-state index contributed by atoms with van der Waals surface area (Å²) in [5, 5.41) is 6.21. The van der Waals surface area contributed by atoms with Crippen LogP contribution >= 0.6 is 0 Å². The van der Waals surface area contributed by atoms with E-state index in [4.69, 9.17) is 0 Å². The fourth-order valence-electron chi connectivity index (χ4n) is 2.08. The second-order valence-electron chi connectivity index (χ2n) is 5.25. The summed E-state index contributed by atoms with van der Waals surface area (Å²) in [6.45, 7) is 5.35. The molecule has 2 N–H and O–H groups in total. The molecule has 0 radical (unpaired) electrons. The molecule has 2 aromatic rings. The van der Waals surface area contributed by atoms with E-state index >= 15 is 0 Å². The number of nitrogens with one attached hydrogen (secondary N) is 2. The summed E-state index contributed by atoms with van der Waals surface area (Å²) in [7, 11) is 0. The molecule has 21 heavy (non-hydrogen) atoms. The largest absolute Gasteiger partial charge is 0.385 e. The number of amides is 1. The van der Waals surface area contributed by atoms with Gasteiger partial charge in [0, 0.05) is 25.2 Å². The Kier molecular flexibility index (Phi) is 5.38. The fraction of sp³-hybridized carbons (Fsp3) is 0.278. The highest BCUT2D eigenvalue weighted by Crippen LogP contribution is 2.08. The number of carbonyl (C=O) groups is 1. The van der Waals surface area contributed by atoms with Crippen molar-refractivity contribution in [2.75, 3.05) is 11.9 Å². The zero-order chi connectivity index (χ0) is 15.1. The number of aryl methyl sites for hydroxylation is 2. The predicted octanol–water partition coefficient (Wildman–Crippen LogP) is 3.42. The minimum absolute atomic E-state index is 0.0675. The van der Waals surface area contributed by atoms with Gasteiger partial charge in [-0.05, 0) is 37.1 Å². The van der Waals surface area contributed by atoms with Crippen molar-refractivity contribution in [2.45, 2.75) is 26.8 Å². The topological polar surface area (TPSA) is 41.1 Å². The molecule has 0 spiro atoms. The van der Waals surface area contributed by atoms with E-state index in [2.05, 4.69) is 42.7 Å². The molecule has 0 saturated heterocycles. The first-order chi connectivity index (χ1) is 10.1. The molecule has 0 aliphatic rings. The number of rotatable bonds is 6. The predicted molar refractivity (Wildman–Crippen MR) is 87.3 cm³/mol. The van der Waals surface area contributed by atoms with Gasteiger partial charge in [0.15, 0.2) is 0 Å². The van der Waals surface area contributed by atoms with Crippen molar-refractivity contribution in [1.82, 2.24) is 5.32 Å². The summed E-state index contributed by atoms with van der Waals surface area (Å²) >= 11 is 0. The number of hydrogen-bond acceptors (Lipinski definition) is 2. The van der Waals surface area contributed by atoms with Gasteiger partial charge >= 0.3 is 0 Å². The maximum absolute atomic E-state index is 11.8. The zero-order valence-electron chi connectivity index (χ0n) is 12.6. The summed E-state index contributed by atoms with van der Waals surface area (Å²) in [5.41, 5.74) is 4.65. The third kappa shape index (κ3) is 4.95. The van der Waals surface area contributed by atoms with E-state index < -0.39 is 0 Å². The summed E-state index contributed by atoms with van der Waals surface area (Å²) < 4.78 is 0. The average Bonchev–Trinajstić information content (AvgIpc) is 2.48. The summed E-state index contributed by atoms with van der Waals surface area (Å²) in [6, 6.07) is 16.3. The molecule has 0 aromatic heterocycles. The van der Waals surface area contributed by atoms with Gasteiger partial charge < -0.3 is 10.6 Å². The van der Waals surface area contributed by atoms with Gasteiger partial charge in [0.25, 0.3) is 0 Å². The molecule has 0 heterocycles. The van der Waals surface area contributed by atoms with Gasteiger partial charge in [0.05, 0.1) is 0 Å². The molecule has 0 saturated carbocycles. The lowest BCUT2D eigenvalue weighted by atomic mass is 10.1. The zero-order valence-corrected chi connectivity index (χ0v) is 12.6. The van der Waals surface area contributed by atoms with E-state index in [1.165, 1.54) is 11.1 Å². The molecule has 1 amide bonds. The van der Waals surface area contributed by atoms with E-state index in [0.717, 1.165) is 11.3 Å². The Labute approximate surface area is 126 Å². The molecule has 0 unspecified atom stereocenters. The van der Waals surface area contributed by atoms with Crippen molar-refractivity contribution in [3.63, 3.8) is 0 Å². The Balaban J connectivity index is 1.70. The molecule has 3 nitrogen and oxygen atoms in total. The van der Waals surface area contributed by atoms with Crippen molar-refractivity contribution in [2.24, 2.45) is 0 Å². The van der Waals surface area contributed by atoms with Crippen molar-refractivity contribution in [3.8, 4) is 0 Å². The van der Waals surface area contributed by atoms with Crippen molar-refractivity contribution in [1.29, 1.82) is 0 Å². The third-order valence-corrected chi connectivity index (χ3v) is 3.47. The molecule has 110 valence electrons. The monoisotopic (exact) mass is 282 g/mol. The quantitative estimate of drug-likeness (QED) is 0.852. The molecule has 0 aliphatic carbocycles. The Morgan fingerprint density at radius 2 is 1.71 bits per heavy atom. The minimum atomic E-state index is 0.0675. The van der Waals surface area contributed by atoms with Gasteiger partial charge in [-0.2, -0.15) is 0 Å². The van der Waals surface area contributed by atoms with Crippen LogP contribution in [0.1, 0.15) is 23.1 Å². The minimum Gasteiger partial charge on any atom is -0.385 e. The van der Waals surface area contributed by atoms with Crippen molar-refractivity contribution >= 4 is 11.6 Å². The highest BCUT2D eigenvalue weighted by Gasteiger charge is 2.02. The van der Waals surface area contributed by atoms with Gasteiger partial charge in [0.2, 0.25) is 5.91 Å². The lowest BCUT2D eigenvalue weighted by Gasteiger charge is -2.09. The fourth-order valence-corrected chi connectivity index (χ4v) is 2.08. The Morgan fingerprint density at radius 3 is 2.43 bits per heavy atom. The van der Waals surface area contributed by atoms with E-state index in [1.807, 2.05) is 30.3 Å². The van der Waals surface area contributed by atoms with Crippen LogP contribution < -0.4 is 10.6 Å². The molecule has 2 aromatic carbocycles. The maximum Gasteiger partial charge on any atom is 0.222 e. The SMILES string of the molecule is Cc1ccc(NCCC(=O)NCc2ccccc2C)cc1. The molecule has 0 atom stereocenters. The number of carbonyl (C=O) groups excluding carboxylic acids is 1. The van der Waals surface area contributed by atoms with Crippen LogP contribution in [0.2, 0.25) is 0 Å². The maximum atomic E-state index is 11.8. The van der Waals surface area contributed by atoms with E-state index in [0.29, 0.717) is 19.5 Å². The smallest absolute Gasteiger partial charge is 0.222 e. The summed E-state index contributed by atoms with van der Waals surface area (Å²) in [4.78, 5) is 11.8. The first-order valence-electron chi connectivity index (χ1n) is 7.27. The highest BCUT2D eigenvalue weighted by atomic mass is 16.1. The molecule has 0 aliphatic heterocycles. The van der Waals surface area contributed by atoms with Gasteiger partial charge in [0.1, 0.15) is 0 Å². The number of hydrogen-bond donors (Lipinski definition) is 2. The van der Waals surface area contributed by atoms with Gasteiger partial charge in [-0.15, -0.1) is 0 Å². The van der Waals surface area contributed by atoms with Gasteiger partial charge in [-0.1, -0.05) is 42.0 Å². The third-order valence-electron chi connectivity index (χ3n) is 3.47. The molecule has 2 rings (SSSR count). The second-order valence-corrected chi connectivity index (χ2v) is 5.25. The standard InChI is InChI=1S/C18H22N2O/c1-14-7-9-17(10-8-14)19-12-11-18(21)20-13-16-6-4-3-5-15(16)2/h3-10,19H,11-13H2,1-2H3,(H,20,21). The molecule has 3 heteroatoms. The van der Waals surface area contributed by atoms with Crippen LogP contribution in [0.5, 0.6) is 0 Å². The van der Waals surface area contributed by atoms with Gasteiger partial charge in [-0.25, -0.2) is 0 Å². The molecule has 0 fully saturated rings. The lowest BCUT2D eigenvalue weighted by molar-refractivity contribution is -0.121. The number of benzene rings is 2.